The Labute approximate surface area is 148 Å². The highest BCUT2D eigenvalue weighted by Gasteiger charge is 2.15. The van der Waals surface area contributed by atoms with Crippen molar-refractivity contribution in [2.24, 2.45) is 0 Å². The molecule has 0 fully saturated rings. The van der Waals surface area contributed by atoms with Crippen LogP contribution >= 0.6 is 22.9 Å². The summed E-state index contributed by atoms with van der Waals surface area (Å²) in [6, 6.07) is 9.01. The molecule has 0 aliphatic carbocycles. The molecule has 1 N–H and O–H groups in total. The lowest BCUT2D eigenvalue weighted by Gasteiger charge is -2.07. The maximum atomic E-state index is 12.0. The van der Waals surface area contributed by atoms with Crippen molar-refractivity contribution >= 4 is 44.7 Å². The van der Waals surface area contributed by atoms with Crippen LogP contribution in [0.5, 0.6) is 0 Å². The van der Waals surface area contributed by atoms with Crippen LogP contribution in [0.2, 0.25) is 5.02 Å². The van der Waals surface area contributed by atoms with Gasteiger partial charge in [0.05, 0.1) is 16.2 Å². The average molecular weight is 388 g/mol. The highest BCUT2D eigenvalue weighted by atomic mass is 35.5. The molecule has 9 heteroatoms. The van der Waals surface area contributed by atoms with Gasteiger partial charge in [0.15, 0.2) is 6.61 Å². The predicted molar refractivity (Wildman–Crippen MR) is 90.9 cm³/mol. The Morgan fingerprint density at radius 3 is 2.50 bits per heavy atom. The molecule has 1 heterocycles. The molecule has 0 atom stereocenters. The summed E-state index contributed by atoms with van der Waals surface area (Å²) >= 11 is 6.96. The first-order chi connectivity index (χ1) is 11.4. The number of ether oxygens (including phenoxy) is 1. The van der Waals surface area contributed by atoms with Gasteiger partial charge in [-0.1, -0.05) is 17.7 Å². The lowest BCUT2D eigenvalue weighted by atomic mass is 10.3. The normalized spacial score (nSPS) is 11.2. The van der Waals surface area contributed by atoms with Crippen LogP contribution in [0.15, 0.2) is 46.7 Å². The zero-order valence-corrected chi connectivity index (χ0v) is 14.8. The molecule has 0 saturated heterocycles. The van der Waals surface area contributed by atoms with Crippen molar-refractivity contribution in [2.45, 2.75) is 11.3 Å². The van der Waals surface area contributed by atoms with E-state index in [0.29, 0.717) is 9.90 Å². The smallest absolute Gasteiger partial charge is 0.307 e. The van der Waals surface area contributed by atoms with Gasteiger partial charge >= 0.3 is 5.97 Å². The molecule has 0 radical (unpaired) electrons. The number of sulfonamides is 1. The molecule has 0 aliphatic rings. The zero-order chi connectivity index (χ0) is 17.6. The van der Waals surface area contributed by atoms with Gasteiger partial charge in [-0.05, 0) is 35.7 Å². The maximum Gasteiger partial charge on any atom is 0.307 e. The monoisotopic (exact) mass is 387 g/mol. The van der Waals surface area contributed by atoms with Gasteiger partial charge in [-0.3, -0.25) is 9.59 Å². The molecule has 0 spiro atoms. The molecular weight excluding hydrogens is 374 g/mol. The van der Waals surface area contributed by atoms with E-state index in [1.54, 1.807) is 17.5 Å². The van der Waals surface area contributed by atoms with Crippen LogP contribution in [0.4, 0.5) is 0 Å². The van der Waals surface area contributed by atoms with Crippen LogP contribution in [0.3, 0.4) is 0 Å². The first kappa shape index (κ1) is 18.6. The van der Waals surface area contributed by atoms with Crippen molar-refractivity contribution in [3.05, 3.63) is 51.7 Å². The van der Waals surface area contributed by atoms with Gasteiger partial charge in [0.25, 0.3) is 0 Å². The summed E-state index contributed by atoms with van der Waals surface area (Å²) in [5.74, 6) is -0.946. The number of esters is 1. The van der Waals surface area contributed by atoms with Gasteiger partial charge in [0.1, 0.15) is 0 Å². The number of benzene rings is 1. The molecule has 0 bridgehead atoms. The van der Waals surface area contributed by atoms with E-state index < -0.39 is 16.0 Å². The largest absolute Gasteiger partial charge is 0.457 e. The van der Waals surface area contributed by atoms with E-state index in [0.717, 1.165) is 0 Å². The minimum Gasteiger partial charge on any atom is -0.457 e. The third-order valence-corrected chi connectivity index (χ3v) is 5.55. The summed E-state index contributed by atoms with van der Waals surface area (Å²) in [6.07, 6.45) is -0.176. The van der Waals surface area contributed by atoms with E-state index in [-0.39, 0.29) is 30.3 Å². The molecule has 0 unspecified atom stereocenters. The van der Waals surface area contributed by atoms with Gasteiger partial charge in [-0.15, -0.1) is 11.3 Å². The standard InChI is InChI=1S/C15H14ClNO5S2/c16-11-3-5-12(6-4-11)24(20,21)17-8-7-15(19)22-10-13(18)14-2-1-9-23-14/h1-6,9,17H,7-8,10H2. The summed E-state index contributed by atoms with van der Waals surface area (Å²) in [6.45, 7) is -0.486. The van der Waals surface area contributed by atoms with Crippen molar-refractivity contribution in [3.63, 3.8) is 0 Å². The Balaban J connectivity index is 1.76. The van der Waals surface area contributed by atoms with Crippen LogP contribution in [-0.4, -0.2) is 33.3 Å². The third-order valence-electron chi connectivity index (χ3n) is 2.91. The number of rotatable bonds is 8. The summed E-state index contributed by atoms with van der Waals surface area (Å²) in [5.41, 5.74) is 0. The molecule has 2 rings (SSSR count). The van der Waals surface area contributed by atoms with Gasteiger partial charge < -0.3 is 4.74 Å². The molecular formula is C15H14ClNO5S2. The zero-order valence-electron chi connectivity index (χ0n) is 12.4. The van der Waals surface area contributed by atoms with Gasteiger partial charge in [0, 0.05) is 11.6 Å². The minimum atomic E-state index is -3.72. The molecule has 1 aromatic carbocycles. The number of carbonyl (C=O) groups is 2. The number of thiophene rings is 1. The molecule has 1 aromatic heterocycles. The highest BCUT2D eigenvalue weighted by Crippen LogP contribution is 2.13. The molecule has 0 amide bonds. The van der Waals surface area contributed by atoms with Crippen LogP contribution in [0.25, 0.3) is 0 Å². The SMILES string of the molecule is O=C(CCNS(=O)(=O)c1ccc(Cl)cc1)OCC(=O)c1cccs1. The summed E-state index contributed by atoms with van der Waals surface area (Å²) < 4.78 is 31.1. The first-order valence-electron chi connectivity index (χ1n) is 6.86. The highest BCUT2D eigenvalue weighted by molar-refractivity contribution is 7.89. The van der Waals surface area contributed by atoms with Crippen molar-refractivity contribution in [2.75, 3.05) is 13.2 Å². The number of Topliss-reactive ketones (excluding diaryl/α,β-unsaturated/α-hetero) is 1. The van der Waals surface area contributed by atoms with Crippen molar-refractivity contribution in [1.29, 1.82) is 0 Å². The van der Waals surface area contributed by atoms with Crippen LogP contribution in [0, 0.1) is 0 Å². The maximum absolute atomic E-state index is 12.0. The van der Waals surface area contributed by atoms with E-state index in [9.17, 15) is 18.0 Å². The fourth-order valence-electron chi connectivity index (χ4n) is 1.71. The number of carbonyl (C=O) groups excluding carboxylic acids is 2. The number of hydrogen-bond donors (Lipinski definition) is 1. The van der Waals surface area contributed by atoms with Crippen molar-refractivity contribution in [1.82, 2.24) is 4.72 Å². The summed E-state index contributed by atoms with van der Waals surface area (Å²) in [5, 5.41) is 2.17. The molecule has 6 nitrogen and oxygen atoms in total. The van der Waals surface area contributed by atoms with Crippen LogP contribution in [-0.2, 0) is 19.6 Å². The Morgan fingerprint density at radius 1 is 1.17 bits per heavy atom. The molecule has 0 saturated carbocycles. The number of hydrogen-bond acceptors (Lipinski definition) is 6. The second kappa shape index (κ2) is 8.39. The van der Waals surface area contributed by atoms with Crippen LogP contribution < -0.4 is 4.72 Å². The minimum absolute atomic E-state index is 0.0492. The van der Waals surface area contributed by atoms with Gasteiger partial charge in [-0.2, -0.15) is 0 Å². The quantitative estimate of drug-likeness (QED) is 0.555. The number of nitrogens with one attached hydrogen (secondary N) is 1. The van der Waals surface area contributed by atoms with E-state index >= 15 is 0 Å². The molecule has 128 valence electrons. The lowest BCUT2D eigenvalue weighted by Crippen LogP contribution is -2.27. The topological polar surface area (TPSA) is 89.5 Å². The predicted octanol–water partition coefficient (Wildman–Crippen LogP) is 2.50. The van der Waals surface area contributed by atoms with E-state index in [2.05, 4.69) is 4.72 Å². The van der Waals surface area contributed by atoms with Crippen molar-refractivity contribution in [3.8, 4) is 0 Å². The Kier molecular flexibility index (Phi) is 6.50. The summed E-state index contributed by atoms with van der Waals surface area (Å²) in [4.78, 5) is 23.8. The average Bonchev–Trinajstić information content (AvgIpc) is 3.07. The Hall–Kier alpha value is -1.74. The molecule has 24 heavy (non-hydrogen) atoms. The molecule has 2 aromatic rings. The Morgan fingerprint density at radius 2 is 1.88 bits per heavy atom. The van der Waals surface area contributed by atoms with Crippen molar-refractivity contribution < 1.29 is 22.7 Å². The fraction of sp³-hybridized carbons (Fsp3) is 0.200. The lowest BCUT2D eigenvalue weighted by molar-refractivity contribution is -0.142. The second-order valence-electron chi connectivity index (χ2n) is 4.66. The van der Waals surface area contributed by atoms with E-state index in [4.69, 9.17) is 16.3 Å². The first-order valence-corrected chi connectivity index (χ1v) is 9.60. The Bertz CT molecular complexity index is 801. The third kappa shape index (κ3) is 5.41. The second-order valence-corrected chi connectivity index (χ2v) is 7.81. The van der Waals surface area contributed by atoms with E-state index in [1.165, 1.54) is 35.6 Å². The summed E-state index contributed by atoms with van der Waals surface area (Å²) in [7, 11) is -3.72. The van der Waals surface area contributed by atoms with Gasteiger partial charge in [0.2, 0.25) is 15.8 Å². The number of halogens is 1. The van der Waals surface area contributed by atoms with Crippen LogP contribution in [0.1, 0.15) is 16.1 Å². The fourth-order valence-corrected chi connectivity index (χ4v) is 3.52. The molecule has 0 aliphatic heterocycles. The van der Waals surface area contributed by atoms with E-state index in [1.807, 2.05) is 0 Å². The van der Waals surface area contributed by atoms with Gasteiger partial charge in [-0.25, -0.2) is 13.1 Å². The number of ketones is 1.